The first-order valence-corrected chi connectivity index (χ1v) is 4.33. The Morgan fingerprint density at radius 1 is 1.40 bits per heavy atom. The second kappa shape index (κ2) is 4.50. The van der Waals surface area contributed by atoms with E-state index in [2.05, 4.69) is 10.3 Å². The lowest BCUT2D eigenvalue weighted by atomic mass is 10.1. The minimum Gasteiger partial charge on any atom is -0.383 e. The van der Waals surface area contributed by atoms with Gasteiger partial charge in [-0.05, 0) is 6.92 Å². The van der Waals surface area contributed by atoms with Gasteiger partial charge >= 0.3 is 6.03 Å². The first kappa shape index (κ1) is 11.1. The zero-order valence-corrected chi connectivity index (χ0v) is 8.19. The first-order valence-electron chi connectivity index (χ1n) is 4.33. The molecule has 0 aromatic carbocycles. The molecule has 6 nitrogen and oxygen atoms in total. The lowest BCUT2D eigenvalue weighted by Crippen LogP contribution is -2.29. The molecule has 0 unspecified atom stereocenters. The predicted octanol–water partition coefficient (Wildman–Crippen LogP) is -0.0962. The molecular weight excluding hydrogens is 198 g/mol. The summed E-state index contributed by atoms with van der Waals surface area (Å²) in [5.74, 6) is -0.547. The molecule has 2 N–H and O–H groups in total. The number of hydrogen-bond donors (Lipinski definition) is 1. The van der Waals surface area contributed by atoms with Crippen LogP contribution in [0.2, 0.25) is 0 Å². The molecule has 1 rings (SSSR count). The number of amides is 2. The fraction of sp³-hybridized carbons (Fsp3) is 0.333. The van der Waals surface area contributed by atoms with Crippen molar-refractivity contribution in [3.05, 3.63) is 11.8 Å². The molecule has 79 valence electrons. The van der Waals surface area contributed by atoms with Crippen molar-refractivity contribution >= 4 is 23.4 Å². The van der Waals surface area contributed by atoms with Crippen molar-refractivity contribution in [1.82, 2.24) is 5.32 Å². The van der Waals surface area contributed by atoms with Gasteiger partial charge in [0.15, 0.2) is 5.78 Å². The molecular formula is C9H10N3O3. The summed E-state index contributed by atoms with van der Waals surface area (Å²) in [6.45, 7) is 1.40. The molecule has 0 fully saturated rings. The number of ketones is 2. The largest absolute Gasteiger partial charge is 0.383 e. The molecule has 6 heteroatoms. The van der Waals surface area contributed by atoms with E-state index in [0.29, 0.717) is 0 Å². The Morgan fingerprint density at radius 3 is 2.60 bits per heavy atom. The number of carbonyl (C=O) groups excluding carboxylic acids is 3. The molecule has 0 spiro atoms. The average molecular weight is 208 g/mol. The third-order valence-corrected chi connectivity index (χ3v) is 1.80. The van der Waals surface area contributed by atoms with E-state index in [1.165, 1.54) is 6.92 Å². The van der Waals surface area contributed by atoms with E-state index >= 15 is 0 Å². The van der Waals surface area contributed by atoms with Gasteiger partial charge in [-0.3, -0.25) is 4.79 Å². The molecule has 0 saturated carbocycles. The van der Waals surface area contributed by atoms with Gasteiger partial charge in [-0.1, -0.05) is 0 Å². The number of rotatable bonds is 4. The predicted molar refractivity (Wildman–Crippen MR) is 52.2 cm³/mol. The van der Waals surface area contributed by atoms with Crippen molar-refractivity contribution in [1.29, 1.82) is 0 Å². The fourth-order valence-electron chi connectivity index (χ4n) is 1.02. The van der Waals surface area contributed by atoms with Gasteiger partial charge in [0.05, 0.1) is 5.57 Å². The monoisotopic (exact) mass is 208 g/mol. The van der Waals surface area contributed by atoms with Gasteiger partial charge < -0.3 is 10.5 Å². The van der Waals surface area contributed by atoms with Gasteiger partial charge in [-0.2, -0.15) is 10.3 Å². The van der Waals surface area contributed by atoms with E-state index in [-0.39, 0.29) is 35.8 Å². The maximum absolute atomic E-state index is 11.5. The molecule has 0 bridgehead atoms. The molecule has 0 saturated heterocycles. The SMILES string of the molecule is CC(=O)CCC(=O)C1=C[N]C(=O)N=C1N. The Kier molecular flexibility index (Phi) is 3.33. The highest BCUT2D eigenvalue weighted by molar-refractivity contribution is 6.24. The Bertz CT molecular complexity index is 382. The van der Waals surface area contributed by atoms with Crippen LogP contribution in [0.25, 0.3) is 0 Å². The van der Waals surface area contributed by atoms with Gasteiger partial charge in [0.25, 0.3) is 0 Å². The van der Waals surface area contributed by atoms with E-state index in [1.807, 2.05) is 0 Å². The van der Waals surface area contributed by atoms with Gasteiger partial charge in [-0.25, -0.2) is 4.79 Å². The van der Waals surface area contributed by atoms with Crippen molar-refractivity contribution in [2.24, 2.45) is 10.7 Å². The molecule has 2 amide bonds. The summed E-state index contributed by atoms with van der Waals surface area (Å²) in [6, 6.07) is -0.726. The third-order valence-electron chi connectivity index (χ3n) is 1.80. The standard InChI is InChI=1S/C9H10N3O3/c1-5(13)2-3-7(14)6-4-11-9(15)12-8(6)10/h4H,2-3H2,1H3,(H2,10,12,15). The number of nitrogens with two attached hydrogens (primary N) is 1. The summed E-state index contributed by atoms with van der Waals surface area (Å²) < 4.78 is 0. The molecule has 0 aromatic rings. The minimum absolute atomic E-state index is 0.0566. The van der Waals surface area contributed by atoms with Crippen LogP contribution in [-0.2, 0) is 9.59 Å². The highest BCUT2D eigenvalue weighted by Crippen LogP contribution is 2.06. The second-order valence-corrected chi connectivity index (χ2v) is 3.08. The zero-order valence-electron chi connectivity index (χ0n) is 8.19. The number of Topliss-reactive ketones (excluding diaryl/α,β-unsaturated/α-hetero) is 2. The van der Waals surface area contributed by atoms with E-state index in [0.717, 1.165) is 6.20 Å². The molecule has 1 heterocycles. The van der Waals surface area contributed by atoms with E-state index in [1.54, 1.807) is 0 Å². The van der Waals surface area contributed by atoms with Crippen LogP contribution >= 0.6 is 0 Å². The third kappa shape index (κ3) is 3.01. The van der Waals surface area contributed by atoms with E-state index in [4.69, 9.17) is 5.73 Å². The number of urea groups is 1. The van der Waals surface area contributed by atoms with Crippen LogP contribution in [0.1, 0.15) is 19.8 Å². The Morgan fingerprint density at radius 2 is 2.07 bits per heavy atom. The maximum Gasteiger partial charge on any atom is 0.368 e. The van der Waals surface area contributed by atoms with Crippen LogP contribution in [0.3, 0.4) is 0 Å². The molecule has 0 aromatic heterocycles. The number of hydrogen-bond acceptors (Lipinski definition) is 4. The highest BCUT2D eigenvalue weighted by atomic mass is 16.2. The van der Waals surface area contributed by atoms with E-state index in [9.17, 15) is 14.4 Å². The molecule has 15 heavy (non-hydrogen) atoms. The van der Waals surface area contributed by atoms with E-state index < -0.39 is 6.03 Å². The molecule has 1 aliphatic rings. The van der Waals surface area contributed by atoms with Crippen LogP contribution in [-0.4, -0.2) is 23.4 Å². The van der Waals surface area contributed by atoms with Crippen LogP contribution in [0.4, 0.5) is 4.79 Å². The zero-order chi connectivity index (χ0) is 11.4. The van der Waals surface area contributed by atoms with Crippen LogP contribution in [0.5, 0.6) is 0 Å². The van der Waals surface area contributed by atoms with Gasteiger partial charge in [-0.15, -0.1) is 0 Å². The highest BCUT2D eigenvalue weighted by Gasteiger charge is 2.19. The van der Waals surface area contributed by atoms with Crippen molar-refractivity contribution in [2.45, 2.75) is 19.8 Å². The minimum atomic E-state index is -0.726. The lowest BCUT2D eigenvalue weighted by Gasteiger charge is -2.08. The molecule has 0 aliphatic carbocycles. The summed E-state index contributed by atoms with van der Waals surface area (Å²) >= 11 is 0. The van der Waals surface area contributed by atoms with Crippen molar-refractivity contribution < 1.29 is 14.4 Å². The number of amidine groups is 1. The van der Waals surface area contributed by atoms with Crippen LogP contribution < -0.4 is 11.1 Å². The summed E-state index contributed by atoms with van der Waals surface area (Å²) in [6.07, 6.45) is 1.30. The van der Waals surface area contributed by atoms with Crippen molar-refractivity contribution in [3.63, 3.8) is 0 Å². The summed E-state index contributed by atoms with van der Waals surface area (Å²) in [4.78, 5) is 36.1. The number of aliphatic imine (C=N–C) groups is 1. The first-order chi connectivity index (χ1) is 7.00. The van der Waals surface area contributed by atoms with Crippen molar-refractivity contribution in [2.75, 3.05) is 0 Å². The van der Waals surface area contributed by atoms with Crippen LogP contribution in [0, 0.1) is 0 Å². The maximum atomic E-state index is 11.5. The van der Waals surface area contributed by atoms with Crippen LogP contribution in [0.15, 0.2) is 16.8 Å². The molecule has 1 radical (unpaired) electrons. The Hall–Kier alpha value is -1.98. The lowest BCUT2D eigenvalue weighted by molar-refractivity contribution is -0.121. The topological polar surface area (TPSA) is 104 Å². The average Bonchev–Trinajstić information content (AvgIpc) is 2.14. The smallest absolute Gasteiger partial charge is 0.368 e. The Balaban J connectivity index is 2.65. The Labute approximate surface area is 86.2 Å². The summed E-state index contributed by atoms with van der Waals surface area (Å²) in [5, 5.41) is 3.34. The van der Waals surface area contributed by atoms with Crippen molar-refractivity contribution in [3.8, 4) is 0 Å². The quantitative estimate of drug-likeness (QED) is 0.696. The molecule has 1 aliphatic heterocycles. The van der Waals surface area contributed by atoms with Gasteiger partial charge in [0.1, 0.15) is 11.6 Å². The second-order valence-electron chi connectivity index (χ2n) is 3.08. The fourth-order valence-corrected chi connectivity index (χ4v) is 1.02. The normalized spacial score (nSPS) is 15.1. The number of carbonyl (C=O) groups is 3. The van der Waals surface area contributed by atoms with Gasteiger partial charge in [0, 0.05) is 19.0 Å². The number of nitrogens with zero attached hydrogens (tertiary/aromatic N) is 2. The summed E-state index contributed by atoms with van der Waals surface area (Å²) in [7, 11) is 0. The summed E-state index contributed by atoms with van der Waals surface area (Å²) in [5.41, 5.74) is 5.47. The molecule has 0 atom stereocenters. The van der Waals surface area contributed by atoms with Gasteiger partial charge in [0.2, 0.25) is 0 Å².